The molecular weight excluding hydrogens is 617 g/mol. The SMILES string of the molecule is CCCCC/C=C\C/C=C\CCCCCCCCCCCC(=O)OC(CO)COCCCCCCCCCCCCCCCCCCCCC. The van der Waals surface area contributed by atoms with Crippen LogP contribution in [0.5, 0.6) is 0 Å². The van der Waals surface area contributed by atoms with E-state index in [-0.39, 0.29) is 12.6 Å². The highest BCUT2D eigenvalue weighted by atomic mass is 16.6. The fourth-order valence-corrected chi connectivity index (χ4v) is 6.65. The Bertz CT molecular complexity index is 702. The van der Waals surface area contributed by atoms with E-state index in [1.54, 1.807) is 0 Å². The van der Waals surface area contributed by atoms with E-state index in [9.17, 15) is 9.90 Å². The molecule has 0 aliphatic carbocycles. The average molecular weight is 705 g/mol. The van der Waals surface area contributed by atoms with Gasteiger partial charge in [0.25, 0.3) is 0 Å². The minimum absolute atomic E-state index is 0.169. The molecule has 0 aromatic rings. The number of carbonyl (C=O) groups excluding carboxylic acids is 1. The van der Waals surface area contributed by atoms with Crippen molar-refractivity contribution in [1.29, 1.82) is 0 Å². The Hall–Kier alpha value is -1.13. The molecule has 1 unspecified atom stereocenters. The Morgan fingerprint density at radius 3 is 1.28 bits per heavy atom. The van der Waals surface area contributed by atoms with Crippen LogP contribution in [0, 0.1) is 0 Å². The molecule has 0 aromatic heterocycles. The number of carbonyl (C=O) groups is 1. The van der Waals surface area contributed by atoms with Crippen LogP contribution in [0.15, 0.2) is 24.3 Å². The molecule has 0 bridgehead atoms. The molecule has 4 nitrogen and oxygen atoms in total. The maximum atomic E-state index is 12.2. The fourth-order valence-electron chi connectivity index (χ4n) is 6.65. The fraction of sp³-hybridized carbons (Fsp3) is 0.891. The Labute approximate surface area is 313 Å². The zero-order valence-corrected chi connectivity index (χ0v) is 33.9. The van der Waals surface area contributed by atoms with Crippen LogP contribution < -0.4 is 0 Å². The third kappa shape index (κ3) is 41.3. The highest BCUT2D eigenvalue weighted by Crippen LogP contribution is 2.15. The van der Waals surface area contributed by atoms with E-state index in [0.29, 0.717) is 19.6 Å². The van der Waals surface area contributed by atoms with E-state index < -0.39 is 6.10 Å². The summed E-state index contributed by atoms with van der Waals surface area (Å²) in [6, 6.07) is 0. The molecule has 1 N–H and O–H groups in total. The third-order valence-electron chi connectivity index (χ3n) is 10.0. The highest BCUT2D eigenvalue weighted by molar-refractivity contribution is 5.69. The average Bonchev–Trinajstić information content (AvgIpc) is 3.12. The Morgan fingerprint density at radius 2 is 0.840 bits per heavy atom. The molecule has 50 heavy (non-hydrogen) atoms. The summed E-state index contributed by atoms with van der Waals surface area (Å²) >= 11 is 0. The van der Waals surface area contributed by atoms with Crippen molar-refractivity contribution in [3.05, 3.63) is 24.3 Å². The molecule has 0 rings (SSSR count). The van der Waals surface area contributed by atoms with Crippen molar-refractivity contribution >= 4 is 5.97 Å². The van der Waals surface area contributed by atoms with Crippen LogP contribution in [-0.4, -0.2) is 37.0 Å². The number of unbranched alkanes of at least 4 members (excludes halogenated alkanes) is 30. The number of hydrogen-bond donors (Lipinski definition) is 1. The van der Waals surface area contributed by atoms with E-state index in [0.717, 1.165) is 25.7 Å². The van der Waals surface area contributed by atoms with Crippen LogP contribution in [0.4, 0.5) is 0 Å². The highest BCUT2D eigenvalue weighted by Gasteiger charge is 2.13. The first-order valence-electron chi connectivity index (χ1n) is 22.4. The van der Waals surface area contributed by atoms with Crippen molar-refractivity contribution in [3.8, 4) is 0 Å². The lowest BCUT2D eigenvalue weighted by molar-refractivity contribution is -0.154. The van der Waals surface area contributed by atoms with Gasteiger partial charge in [0.15, 0.2) is 0 Å². The number of allylic oxidation sites excluding steroid dienone is 4. The molecule has 0 aliphatic heterocycles. The van der Waals surface area contributed by atoms with E-state index in [1.165, 1.54) is 193 Å². The van der Waals surface area contributed by atoms with E-state index in [2.05, 4.69) is 38.2 Å². The van der Waals surface area contributed by atoms with Gasteiger partial charge in [-0.05, 0) is 44.9 Å². The lowest BCUT2D eigenvalue weighted by Crippen LogP contribution is -2.27. The molecular formula is C46H88O4. The first-order chi connectivity index (χ1) is 24.7. The van der Waals surface area contributed by atoms with Gasteiger partial charge >= 0.3 is 5.97 Å². The lowest BCUT2D eigenvalue weighted by atomic mass is 10.0. The molecule has 0 fully saturated rings. The van der Waals surface area contributed by atoms with E-state index in [4.69, 9.17) is 9.47 Å². The van der Waals surface area contributed by atoms with Crippen molar-refractivity contribution in [3.63, 3.8) is 0 Å². The van der Waals surface area contributed by atoms with Crippen molar-refractivity contribution in [1.82, 2.24) is 0 Å². The zero-order valence-electron chi connectivity index (χ0n) is 33.9. The lowest BCUT2D eigenvalue weighted by Gasteiger charge is -2.16. The summed E-state index contributed by atoms with van der Waals surface area (Å²) in [4.78, 5) is 12.2. The molecule has 0 aromatic carbocycles. The van der Waals surface area contributed by atoms with Gasteiger partial charge in [0.1, 0.15) is 6.10 Å². The van der Waals surface area contributed by atoms with Crippen molar-refractivity contribution in [2.45, 2.75) is 245 Å². The van der Waals surface area contributed by atoms with Crippen molar-refractivity contribution < 1.29 is 19.4 Å². The maximum absolute atomic E-state index is 12.2. The van der Waals surface area contributed by atoms with Gasteiger partial charge in [-0.15, -0.1) is 0 Å². The standard InChI is InChI=1S/C46H88O4/c1-3-5-7-9-11-13-15-17-19-21-23-25-27-29-31-33-35-37-39-41-46(48)50-45(43-47)44-49-42-40-38-36-34-32-30-28-26-24-22-20-18-16-14-12-10-8-6-4-2/h11,13,17,19,45,47H,3-10,12,14-16,18,20-44H2,1-2H3/b13-11-,19-17-. The van der Waals surface area contributed by atoms with Gasteiger partial charge in [-0.25, -0.2) is 0 Å². The summed E-state index contributed by atoms with van der Waals surface area (Å²) in [5.74, 6) is -0.201. The first kappa shape index (κ1) is 48.9. The summed E-state index contributed by atoms with van der Waals surface area (Å²) in [5.41, 5.74) is 0. The van der Waals surface area contributed by atoms with Gasteiger partial charge in [-0.1, -0.05) is 212 Å². The minimum Gasteiger partial charge on any atom is -0.457 e. The number of aliphatic hydroxyl groups is 1. The zero-order chi connectivity index (χ0) is 36.3. The second kappa shape index (κ2) is 44.0. The first-order valence-corrected chi connectivity index (χ1v) is 22.4. The number of esters is 1. The molecule has 0 heterocycles. The van der Waals surface area contributed by atoms with Crippen LogP contribution >= 0.6 is 0 Å². The van der Waals surface area contributed by atoms with Crippen LogP contribution in [0.2, 0.25) is 0 Å². The normalized spacial score (nSPS) is 12.5. The van der Waals surface area contributed by atoms with Gasteiger partial charge in [0.2, 0.25) is 0 Å². The smallest absolute Gasteiger partial charge is 0.306 e. The molecule has 4 heteroatoms. The van der Waals surface area contributed by atoms with Gasteiger partial charge < -0.3 is 14.6 Å². The number of aliphatic hydroxyl groups excluding tert-OH is 1. The quantitative estimate of drug-likeness (QED) is 0.0390. The second-order valence-corrected chi connectivity index (χ2v) is 15.1. The topological polar surface area (TPSA) is 55.8 Å². The molecule has 0 saturated carbocycles. The van der Waals surface area contributed by atoms with Crippen LogP contribution in [0.3, 0.4) is 0 Å². The maximum Gasteiger partial charge on any atom is 0.306 e. The van der Waals surface area contributed by atoms with Gasteiger partial charge in [0, 0.05) is 13.0 Å². The summed E-state index contributed by atoms with van der Waals surface area (Å²) in [5, 5.41) is 9.61. The number of rotatable bonds is 42. The van der Waals surface area contributed by atoms with Crippen molar-refractivity contribution in [2.24, 2.45) is 0 Å². The molecule has 296 valence electrons. The Kier molecular flexibility index (Phi) is 43.0. The minimum atomic E-state index is -0.532. The molecule has 0 radical (unpaired) electrons. The monoisotopic (exact) mass is 705 g/mol. The van der Waals surface area contributed by atoms with Gasteiger partial charge in [0.05, 0.1) is 13.2 Å². The largest absolute Gasteiger partial charge is 0.457 e. The van der Waals surface area contributed by atoms with Crippen molar-refractivity contribution in [2.75, 3.05) is 19.8 Å². The summed E-state index contributed by atoms with van der Waals surface area (Å²) in [7, 11) is 0. The predicted octanol–water partition coefficient (Wildman–Crippen LogP) is 14.7. The molecule has 1 atom stereocenters. The number of ether oxygens (including phenoxy) is 2. The van der Waals surface area contributed by atoms with Crippen LogP contribution in [0.25, 0.3) is 0 Å². The van der Waals surface area contributed by atoms with Gasteiger partial charge in [-0.3, -0.25) is 4.79 Å². The molecule has 0 aliphatic rings. The predicted molar refractivity (Wildman–Crippen MR) is 219 cm³/mol. The summed E-state index contributed by atoms with van der Waals surface area (Å²) in [6.07, 6.45) is 53.8. The molecule has 0 amide bonds. The molecule has 0 saturated heterocycles. The Balaban J connectivity index is 3.39. The van der Waals surface area contributed by atoms with Crippen LogP contribution in [-0.2, 0) is 14.3 Å². The summed E-state index contributed by atoms with van der Waals surface area (Å²) in [6.45, 7) is 5.36. The van der Waals surface area contributed by atoms with E-state index in [1.807, 2.05) is 0 Å². The third-order valence-corrected chi connectivity index (χ3v) is 10.0. The summed E-state index contributed by atoms with van der Waals surface area (Å²) < 4.78 is 11.2. The number of hydrogen-bond acceptors (Lipinski definition) is 4. The Morgan fingerprint density at radius 1 is 0.480 bits per heavy atom. The van der Waals surface area contributed by atoms with E-state index >= 15 is 0 Å². The van der Waals surface area contributed by atoms with Gasteiger partial charge in [-0.2, -0.15) is 0 Å². The van der Waals surface area contributed by atoms with Crippen LogP contribution in [0.1, 0.15) is 239 Å². The molecule has 0 spiro atoms. The second-order valence-electron chi connectivity index (χ2n) is 15.1.